The van der Waals surface area contributed by atoms with Crippen LogP contribution in [-0.4, -0.2) is 47.5 Å². The van der Waals surface area contributed by atoms with Crippen molar-refractivity contribution >= 4 is 17.9 Å². The molecule has 0 saturated heterocycles. The Morgan fingerprint density at radius 2 is 1.72 bits per heavy atom. The Morgan fingerprint density at radius 3 is 2.25 bits per heavy atom. The van der Waals surface area contributed by atoms with Crippen LogP contribution < -0.4 is 10.6 Å². The Labute approximate surface area is 193 Å². The first-order chi connectivity index (χ1) is 14.9. The molecule has 0 spiro atoms. The Kier molecular flexibility index (Phi) is 10.7. The van der Waals surface area contributed by atoms with Crippen molar-refractivity contribution in [2.24, 2.45) is 0 Å². The fraction of sp³-hybridized carbons (Fsp3) is 0.640. The smallest absolute Gasteiger partial charge is 0.408 e. The monoisotopic (exact) mass is 447 g/mol. The normalized spacial score (nSPS) is 13.1. The van der Waals surface area contributed by atoms with Gasteiger partial charge in [-0.3, -0.25) is 9.59 Å². The summed E-state index contributed by atoms with van der Waals surface area (Å²) < 4.78 is 5.29. The van der Waals surface area contributed by atoms with Gasteiger partial charge in [-0.05, 0) is 71.1 Å². The number of benzene rings is 1. The van der Waals surface area contributed by atoms with Crippen LogP contribution in [0.4, 0.5) is 4.79 Å². The number of hydrogen-bond acceptors (Lipinski definition) is 4. The maximum atomic E-state index is 13.4. The molecule has 2 unspecified atom stereocenters. The van der Waals surface area contributed by atoms with Crippen LogP contribution in [0.2, 0.25) is 0 Å². The van der Waals surface area contributed by atoms with Crippen LogP contribution in [0, 0.1) is 13.8 Å². The molecular formula is C25H41N3O4. The average Bonchev–Trinajstić information content (AvgIpc) is 2.68. The van der Waals surface area contributed by atoms with Crippen LogP contribution in [-0.2, 0) is 14.3 Å². The highest BCUT2D eigenvalue weighted by Gasteiger charge is 2.34. The zero-order chi connectivity index (χ0) is 24.5. The number of ether oxygens (including phenoxy) is 1. The van der Waals surface area contributed by atoms with Gasteiger partial charge in [0.15, 0.2) is 0 Å². The van der Waals surface area contributed by atoms with Crippen molar-refractivity contribution in [2.45, 2.75) is 92.3 Å². The molecule has 32 heavy (non-hydrogen) atoms. The lowest BCUT2D eigenvalue weighted by molar-refractivity contribution is -0.142. The molecule has 1 aromatic carbocycles. The molecule has 7 heteroatoms. The third-order valence-corrected chi connectivity index (χ3v) is 5.09. The van der Waals surface area contributed by atoms with Gasteiger partial charge < -0.3 is 20.3 Å². The zero-order valence-corrected chi connectivity index (χ0v) is 21.0. The Balaban J connectivity index is 3.24. The number of alkyl carbamates (subject to hydrolysis) is 1. The third-order valence-electron chi connectivity index (χ3n) is 5.09. The quantitative estimate of drug-likeness (QED) is 0.520. The van der Waals surface area contributed by atoms with Gasteiger partial charge in [0.05, 0.1) is 0 Å². The van der Waals surface area contributed by atoms with Gasteiger partial charge in [0, 0.05) is 13.1 Å². The van der Waals surface area contributed by atoms with Crippen LogP contribution in [0.15, 0.2) is 18.2 Å². The van der Waals surface area contributed by atoms with Crippen molar-refractivity contribution in [3.05, 3.63) is 34.9 Å². The van der Waals surface area contributed by atoms with E-state index in [2.05, 4.69) is 17.6 Å². The lowest BCUT2D eigenvalue weighted by Gasteiger charge is -2.33. The molecule has 0 saturated carbocycles. The molecular weight excluding hydrogens is 406 g/mol. The molecule has 0 radical (unpaired) electrons. The van der Waals surface area contributed by atoms with Crippen molar-refractivity contribution in [3.63, 3.8) is 0 Å². The molecule has 0 heterocycles. The predicted octanol–water partition coefficient (Wildman–Crippen LogP) is 4.41. The maximum Gasteiger partial charge on any atom is 0.408 e. The predicted molar refractivity (Wildman–Crippen MR) is 127 cm³/mol. The Morgan fingerprint density at radius 1 is 1.06 bits per heavy atom. The molecule has 2 N–H and O–H groups in total. The zero-order valence-electron chi connectivity index (χ0n) is 21.0. The minimum Gasteiger partial charge on any atom is -0.444 e. The van der Waals surface area contributed by atoms with Gasteiger partial charge in [-0.2, -0.15) is 0 Å². The Bertz CT molecular complexity index is 786. The van der Waals surface area contributed by atoms with E-state index in [1.807, 2.05) is 39.0 Å². The standard InChI is InChI=1S/C25H41N3O4/c1-9-11-14-26-22(29)21(20-13-12-17(3)18(4)16-20)28(15-10-2)23(30)19(5)27-24(31)32-25(6,7)8/h12-13,16,19,21H,9-11,14-15H2,1-8H3,(H,26,29)(H,27,31). The van der Waals surface area contributed by atoms with E-state index >= 15 is 0 Å². The van der Waals surface area contributed by atoms with Crippen molar-refractivity contribution in [2.75, 3.05) is 13.1 Å². The van der Waals surface area contributed by atoms with Crippen LogP contribution in [0.5, 0.6) is 0 Å². The number of carbonyl (C=O) groups is 3. The van der Waals surface area contributed by atoms with E-state index in [-0.39, 0.29) is 11.8 Å². The molecule has 0 aromatic heterocycles. The second kappa shape index (κ2) is 12.5. The third kappa shape index (κ3) is 8.52. The second-order valence-corrected chi connectivity index (χ2v) is 9.29. The summed E-state index contributed by atoms with van der Waals surface area (Å²) in [5.41, 5.74) is 2.26. The van der Waals surface area contributed by atoms with Gasteiger partial charge in [-0.25, -0.2) is 4.79 Å². The molecule has 3 amide bonds. The molecule has 2 atom stereocenters. The van der Waals surface area contributed by atoms with E-state index in [1.165, 1.54) is 0 Å². The number of nitrogens with zero attached hydrogens (tertiary/aromatic N) is 1. The lowest BCUT2D eigenvalue weighted by Crippen LogP contribution is -2.52. The number of rotatable bonds is 10. The Hall–Kier alpha value is -2.57. The second-order valence-electron chi connectivity index (χ2n) is 9.29. The number of aryl methyl sites for hydroxylation is 2. The van der Waals surface area contributed by atoms with Gasteiger partial charge in [0.25, 0.3) is 0 Å². The van der Waals surface area contributed by atoms with Gasteiger partial charge >= 0.3 is 6.09 Å². The summed E-state index contributed by atoms with van der Waals surface area (Å²) in [6.07, 6.45) is 1.84. The SMILES string of the molecule is CCCCNC(=O)C(c1ccc(C)c(C)c1)N(CCC)C(=O)C(C)NC(=O)OC(C)(C)C. The minimum absolute atomic E-state index is 0.215. The lowest BCUT2D eigenvalue weighted by atomic mass is 9.98. The van der Waals surface area contributed by atoms with Crippen LogP contribution >= 0.6 is 0 Å². The number of hydrogen-bond donors (Lipinski definition) is 2. The molecule has 0 fully saturated rings. The molecule has 0 bridgehead atoms. The molecule has 0 aliphatic carbocycles. The van der Waals surface area contributed by atoms with E-state index in [9.17, 15) is 14.4 Å². The molecule has 1 rings (SSSR count). The van der Waals surface area contributed by atoms with E-state index < -0.39 is 23.8 Å². The van der Waals surface area contributed by atoms with Crippen molar-refractivity contribution in [1.29, 1.82) is 0 Å². The van der Waals surface area contributed by atoms with E-state index in [1.54, 1.807) is 32.6 Å². The molecule has 180 valence electrons. The van der Waals surface area contributed by atoms with Crippen molar-refractivity contribution in [1.82, 2.24) is 15.5 Å². The topological polar surface area (TPSA) is 87.7 Å². The van der Waals surface area contributed by atoms with Crippen molar-refractivity contribution < 1.29 is 19.1 Å². The maximum absolute atomic E-state index is 13.4. The summed E-state index contributed by atoms with van der Waals surface area (Å²) in [6.45, 7) is 15.9. The molecule has 7 nitrogen and oxygen atoms in total. The van der Waals surface area contributed by atoms with E-state index in [0.717, 1.165) is 29.5 Å². The molecule has 0 aliphatic rings. The first kappa shape index (κ1) is 27.5. The number of carbonyl (C=O) groups excluding carboxylic acids is 3. The average molecular weight is 448 g/mol. The van der Waals surface area contributed by atoms with Crippen LogP contribution in [0.25, 0.3) is 0 Å². The first-order valence-electron chi connectivity index (χ1n) is 11.6. The number of nitrogens with one attached hydrogen (secondary N) is 2. The van der Waals surface area contributed by atoms with Gasteiger partial charge in [0.2, 0.25) is 11.8 Å². The minimum atomic E-state index is -0.839. The first-order valence-corrected chi connectivity index (χ1v) is 11.6. The van der Waals surface area contributed by atoms with Crippen molar-refractivity contribution in [3.8, 4) is 0 Å². The number of amides is 3. The largest absolute Gasteiger partial charge is 0.444 e. The van der Waals surface area contributed by atoms with Crippen LogP contribution in [0.3, 0.4) is 0 Å². The highest BCUT2D eigenvalue weighted by molar-refractivity contribution is 5.92. The molecule has 1 aromatic rings. The molecule has 0 aliphatic heterocycles. The fourth-order valence-corrected chi connectivity index (χ4v) is 3.29. The van der Waals surface area contributed by atoms with Gasteiger partial charge in [-0.1, -0.05) is 38.5 Å². The van der Waals surface area contributed by atoms with E-state index in [0.29, 0.717) is 19.5 Å². The summed E-state index contributed by atoms with van der Waals surface area (Å²) in [5.74, 6) is -0.542. The van der Waals surface area contributed by atoms with E-state index in [4.69, 9.17) is 4.74 Å². The number of unbranched alkanes of at least 4 members (excludes halogenated alkanes) is 1. The van der Waals surface area contributed by atoms with Crippen LogP contribution in [0.1, 0.15) is 83.5 Å². The summed E-state index contributed by atoms with van der Waals surface area (Å²) in [4.78, 5) is 40.4. The fourth-order valence-electron chi connectivity index (χ4n) is 3.29. The summed E-state index contributed by atoms with van der Waals surface area (Å²) >= 11 is 0. The highest BCUT2D eigenvalue weighted by Crippen LogP contribution is 2.25. The summed E-state index contributed by atoms with van der Waals surface area (Å²) in [5, 5.41) is 5.58. The highest BCUT2D eigenvalue weighted by atomic mass is 16.6. The summed E-state index contributed by atoms with van der Waals surface area (Å²) in [7, 11) is 0. The van der Waals surface area contributed by atoms with Gasteiger partial charge in [-0.15, -0.1) is 0 Å². The van der Waals surface area contributed by atoms with Gasteiger partial charge in [0.1, 0.15) is 17.7 Å². The summed E-state index contributed by atoms with van der Waals surface area (Å²) in [6, 6.07) is 4.21.